The van der Waals surface area contributed by atoms with Gasteiger partial charge in [-0.05, 0) is 25.1 Å². The zero-order valence-electron chi connectivity index (χ0n) is 13.4. The van der Waals surface area contributed by atoms with E-state index in [0.29, 0.717) is 11.4 Å². The second-order valence-corrected chi connectivity index (χ2v) is 6.26. The SMILES string of the molecule is COC(=O)CCSc1cccc(NC(=O)NCC(C)(O)C(=O)O)c1. The third-order valence-electron chi connectivity index (χ3n) is 2.95. The van der Waals surface area contributed by atoms with Gasteiger partial charge < -0.3 is 25.6 Å². The summed E-state index contributed by atoms with van der Waals surface area (Å²) in [5.74, 6) is -1.17. The maximum absolute atomic E-state index is 11.7. The molecule has 0 bridgehead atoms. The van der Waals surface area contributed by atoms with Crippen molar-refractivity contribution in [3.05, 3.63) is 24.3 Å². The number of carbonyl (C=O) groups excluding carboxylic acids is 2. The number of carboxylic acids is 1. The fraction of sp³-hybridized carbons (Fsp3) is 0.400. The Morgan fingerprint density at radius 2 is 2.04 bits per heavy atom. The fourth-order valence-electron chi connectivity index (χ4n) is 1.52. The summed E-state index contributed by atoms with van der Waals surface area (Å²) in [5, 5.41) is 23.1. The van der Waals surface area contributed by atoms with Gasteiger partial charge in [-0.25, -0.2) is 9.59 Å². The van der Waals surface area contributed by atoms with Gasteiger partial charge in [-0.2, -0.15) is 0 Å². The van der Waals surface area contributed by atoms with E-state index >= 15 is 0 Å². The van der Waals surface area contributed by atoms with Crippen LogP contribution in [0, 0.1) is 0 Å². The number of urea groups is 1. The summed E-state index contributed by atoms with van der Waals surface area (Å²) < 4.78 is 4.56. The molecule has 8 nitrogen and oxygen atoms in total. The van der Waals surface area contributed by atoms with Crippen LogP contribution in [0.2, 0.25) is 0 Å². The molecule has 0 aliphatic carbocycles. The van der Waals surface area contributed by atoms with Gasteiger partial charge in [0.2, 0.25) is 0 Å². The first-order valence-corrected chi connectivity index (χ1v) is 8.03. The molecule has 2 amide bonds. The summed E-state index contributed by atoms with van der Waals surface area (Å²) in [5.41, 5.74) is -1.53. The van der Waals surface area contributed by atoms with Gasteiger partial charge in [0.15, 0.2) is 5.60 Å². The van der Waals surface area contributed by atoms with E-state index < -0.39 is 24.1 Å². The third kappa shape index (κ3) is 6.88. The van der Waals surface area contributed by atoms with Crippen LogP contribution in [-0.4, -0.2) is 53.2 Å². The molecule has 0 aliphatic heterocycles. The molecule has 0 heterocycles. The molecule has 1 aromatic rings. The van der Waals surface area contributed by atoms with Gasteiger partial charge in [0.05, 0.1) is 20.1 Å². The van der Waals surface area contributed by atoms with E-state index in [1.165, 1.54) is 18.9 Å². The van der Waals surface area contributed by atoms with Crippen molar-refractivity contribution >= 4 is 35.4 Å². The fourth-order valence-corrected chi connectivity index (χ4v) is 2.41. The number of esters is 1. The first kappa shape index (κ1) is 19.8. The van der Waals surface area contributed by atoms with Crippen molar-refractivity contribution in [3.8, 4) is 0 Å². The van der Waals surface area contributed by atoms with Crippen molar-refractivity contribution in [3.63, 3.8) is 0 Å². The van der Waals surface area contributed by atoms with Crippen LogP contribution in [0.4, 0.5) is 10.5 Å². The predicted molar refractivity (Wildman–Crippen MR) is 89.1 cm³/mol. The summed E-state index contributed by atoms with van der Waals surface area (Å²) in [6.45, 7) is 0.663. The highest BCUT2D eigenvalue weighted by Crippen LogP contribution is 2.22. The lowest BCUT2D eigenvalue weighted by Crippen LogP contribution is -2.47. The van der Waals surface area contributed by atoms with Crippen LogP contribution in [0.5, 0.6) is 0 Å². The second kappa shape index (κ2) is 9.14. The Labute approximate surface area is 143 Å². The van der Waals surface area contributed by atoms with Crippen molar-refractivity contribution in [2.24, 2.45) is 0 Å². The van der Waals surface area contributed by atoms with Gasteiger partial charge in [0.1, 0.15) is 0 Å². The number of hydrogen-bond acceptors (Lipinski definition) is 6. The Balaban J connectivity index is 2.50. The Kier molecular flexibility index (Phi) is 7.53. The van der Waals surface area contributed by atoms with Crippen LogP contribution < -0.4 is 10.6 Å². The molecule has 1 atom stereocenters. The molecular formula is C15H20N2O6S. The number of benzene rings is 1. The summed E-state index contributed by atoms with van der Waals surface area (Å²) in [7, 11) is 1.33. The Hall–Kier alpha value is -2.26. The largest absolute Gasteiger partial charge is 0.479 e. The highest BCUT2D eigenvalue weighted by molar-refractivity contribution is 7.99. The van der Waals surface area contributed by atoms with Crippen LogP contribution in [0.15, 0.2) is 29.2 Å². The van der Waals surface area contributed by atoms with E-state index in [9.17, 15) is 19.5 Å². The average Bonchev–Trinajstić information content (AvgIpc) is 2.53. The predicted octanol–water partition coefficient (Wildman–Crippen LogP) is 1.30. The molecule has 0 radical (unpaired) electrons. The van der Waals surface area contributed by atoms with Crippen LogP contribution in [-0.2, 0) is 14.3 Å². The van der Waals surface area contributed by atoms with Crippen LogP contribution >= 0.6 is 11.8 Å². The number of carboxylic acid groups (broad SMARTS) is 1. The second-order valence-electron chi connectivity index (χ2n) is 5.09. The standard InChI is InChI=1S/C15H20N2O6S/c1-15(22,13(19)20)9-16-14(21)17-10-4-3-5-11(8-10)24-7-6-12(18)23-2/h3-5,8,22H,6-7,9H2,1-2H3,(H,19,20)(H2,16,17,21). The molecule has 132 valence electrons. The van der Waals surface area contributed by atoms with Gasteiger partial charge in [0.25, 0.3) is 0 Å². The van der Waals surface area contributed by atoms with Crippen LogP contribution in [0.3, 0.4) is 0 Å². The highest BCUT2D eigenvalue weighted by atomic mass is 32.2. The van der Waals surface area contributed by atoms with Crippen molar-refractivity contribution in [2.45, 2.75) is 23.8 Å². The number of methoxy groups -OCH3 is 1. The summed E-state index contributed by atoms with van der Waals surface area (Å²) in [6, 6.07) is 6.33. The number of nitrogens with one attached hydrogen (secondary N) is 2. The normalized spacial score (nSPS) is 12.8. The van der Waals surface area contributed by atoms with Gasteiger partial charge in [-0.3, -0.25) is 4.79 Å². The monoisotopic (exact) mass is 356 g/mol. The van der Waals surface area contributed by atoms with Crippen molar-refractivity contribution < 1.29 is 29.3 Å². The number of rotatable bonds is 8. The maximum atomic E-state index is 11.7. The van der Waals surface area contributed by atoms with Crippen molar-refractivity contribution in [2.75, 3.05) is 24.7 Å². The molecule has 1 rings (SSSR count). The zero-order valence-corrected chi connectivity index (χ0v) is 14.2. The number of carbonyl (C=O) groups is 3. The lowest BCUT2D eigenvalue weighted by atomic mass is 10.1. The van der Waals surface area contributed by atoms with Gasteiger partial charge in [-0.15, -0.1) is 11.8 Å². The van der Waals surface area contributed by atoms with Crippen molar-refractivity contribution in [1.82, 2.24) is 5.32 Å². The van der Waals surface area contributed by atoms with Crippen LogP contribution in [0.25, 0.3) is 0 Å². The molecule has 0 aliphatic rings. The number of aliphatic hydroxyl groups is 1. The van der Waals surface area contributed by atoms with E-state index in [0.717, 1.165) is 11.8 Å². The summed E-state index contributed by atoms with van der Waals surface area (Å²) in [4.78, 5) is 34.4. The molecule has 0 aromatic heterocycles. The van der Waals surface area contributed by atoms with Gasteiger partial charge >= 0.3 is 18.0 Å². The lowest BCUT2D eigenvalue weighted by molar-refractivity contribution is -0.155. The highest BCUT2D eigenvalue weighted by Gasteiger charge is 2.30. The van der Waals surface area contributed by atoms with E-state index in [4.69, 9.17) is 5.11 Å². The number of anilines is 1. The maximum Gasteiger partial charge on any atom is 0.337 e. The van der Waals surface area contributed by atoms with Crippen molar-refractivity contribution in [1.29, 1.82) is 0 Å². The smallest absolute Gasteiger partial charge is 0.337 e. The molecule has 9 heteroatoms. The summed E-state index contributed by atoms with van der Waals surface area (Å²) >= 11 is 1.44. The minimum absolute atomic E-state index is 0.281. The lowest BCUT2D eigenvalue weighted by Gasteiger charge is -2.18. The molecule has 1 unspecified atom stereocenters. The number of thioether (sulfide) groups is 1. The Morgan fingerprint density at radius 3 is 2.67 bits per heavy atom. The number of ether oxygens (including phenoxy) is 1. The molecule has 0 spiro atoms. The molecule has 0 saturated heterocycles. The molecule has 24 heavy (non-hydrogen) atoms. The Morgan fingerprint density at radius 1 is 1.33 bits per heavy atom. The van der Waals surface area contributed by atoms with Gasteiger partial charge in [0, 0.05) is 16.3 Å². The first-order valence-electron chi connectivity index (χ1n) is 7.05. The first-order chi connectivity index (χ1) is 11.2. The third-order valence-corrected chi connectivity index (χ3v) is 3.94. The number of amides is 2. The van der Waals surface area contributed by atoms with E-state index in [1.807, 2.05) is 6.07 Å². The molecule has 0 saturated carbocycles. The quantitative estimate of drug-likeness (QED) is 0.409. The summed E-state index contributed by atoms with van der Waals surface area (Å²) in [6.07, 6.45) is 0.281. The number of hydrogen-bond donors (Lipinski definition) is 4. The molecule has 0 fully saturated rings. The van der Waals surface area contributed by atoms with E-state index in [-0.39, 0.29) is 12.4 Å². The molecule has 1 aromatic carbocycles. The average molecular weight is 356 g/mol. The molecule has 4 N–H and O–H groups in total. The van der Waals surface area contributed by atoms with E-state index in [1.54, 1.807) is 18.2 Å². The molecular weight excluding hydrogens is 336 g/mol. The topological polar surface area (TPSA) is 125 Å². The van der Waals surface area contributed by atoms with E-state index in [2.05, 4.69) is 15.4 Å². The zero-order chi connectivity index (χ0) is 18.2. The minimum atomic E-state index is -2.04. The van der Waals surface area contributed by atoms with Gasteiger partial charge in [-0.1, -0.05) is 6.07 Å². The van der Waals surface area contributed by atoms with Crippen LogP contribution in [0.1, 0.15) is 13.3 Å². The minimum Gasteiger partial charge on any atom is -0.479 e. The Bertz CT molecular complexity index is 605. The number of aliphatic carboxylic acids is 1.